The van der Waals surface area contributed by atoms with Crippen molar-refractivity contribution in [2.45, 2.75) is 32.6 Å². The first kappa shape index (κ1) is 34.1. The van der Waals surface area contributed by atoms with Gasteiger partial charge in [-0.2, -0.15) is 23.1 Å². The van der Waals surface area contributed by atoms with Crippen LogP contribution in [0.1, 0.15) is 43.5 Å². The van der Waals surface area contributed by atoms with Gasteiger partial charge >= 0.3 is 12.5 Å². The summed E-state index contributed by atoms with van der Waals surface area (Å²) in [5.41, 5.74) is 0.663. The van der Waals surface area contributed by atoms with Crippen LogP contribution in [0.15, 0.2) is 60.8 Å². The number of aromatic nitrogens is 7. The van der Waals surface area contributed by atoms with Gasteiger partial charge in [-0.3, -0.25) is 9.59 Å². The monoisotopic (exact) mass is 713 g/mol. The summed E-state index contributed by atoms with van der Waals surface area (Å²) in [6.45, 7) is 1.05. The molecule has 0 radical (unpaired) electrons. The van der Waals surface area contributed by atoms with Gasteiger partial charge in [-0.15, -0.1) is 23.4 Å². The number of benzene rings is 2. The maximum absolute atomic E-state index is 13.7. The molecule has 5 rings (SSSR count). The Hall–Kier alpha value is -5.23. The molecular formula is C28H19Cl2F6N9O3. The van der Waals surface area contributed by atoms with Gasteiger partial charge in [0.2, 0.25) is 0 Å². The molecule has 12 nitrogen and oxygen atoms in total. The molecule has 0 atom stereocenters. The largest absolute Gasteiger partial charge is 0.573 e. The van der Waals surface area contributed by atoms with Crippen LogP contribution in [0.2, 0.25) is 10.0 Å². The average Bonchev–Trinajstić information content (AvgIpc) is 3.65. The zero-order chi connectivity index (χ0) is 34.8. The van der Waals surface area contributed by atoms with E-state index in [2.05, 4.69) is 40.9 Å². The Bertz CT molecular complexity index is 1980. The minimum absolute atomic E-state index is 0.00976. The first-order chi connectivity index (χ1) is 22.6. The van der Waals surface area contributed by atoms with Gasteiger partial charge in [0.05, 0.1) is 22.0 Å². The summed E-state index contributed by atoms with van der Waals surface area (Å²) < 4.78 is 81.2. The van der Waals surface area contributed by atoms with Crippen LogP contribution in [0.5, 0.6) is 5.75 Å². The SMILES string of the molecule is Cc1cc(Cl)cc(C(=O)NCc2ccc(OC(F)(F)F)cc2)c1NC(=O)c1cc(Cn2nnc(C(F)(F)F)n2)nn1-c1ncccc1Cl. The number of nitrogens with zero attached hydrogens (tertiary/aromatic N) is 7. The molecule has 2 amide bonds. The number of halogens is 8. The number of ether oxygens (including phenoxy) is 1. The first-order valence-corrected chi connectivity index (χ1v) is 14.1. The van der Waals surface area contributed by atoms with Crippen molar-refractivity contribution in [1.82, 2.24) is 40.3 Å². The van der Waals surface area contributed by atoms with E-state index < -0.39 is 42.5 Å². The summed E-state index contributed by atoms with van der Waals surface area (Å²) in [5, 5.41) is 19.5. The number of hydrogen-bond donors (Lipinski definition) is 2. The fourth-order valence-corrected chi connectivity index (χ4v) is 4.76. The maximum Gasteiger partial charge on any atom is 0.573 e. The highest BCUT2D eigenvalue weighted by Gasteiger charge is 2.37. The molecule has 0 spiro atoms. The smallest absolute Gasteiger partial charge is 0.406 e. The van der Waals surface area contributed by atoms with E-state index in [1.807, 2.05) is 0 Å². The fourth-order valence-electron chi connectivity index (χ4n) is 4.28. The van der Waals surface area contributed by atoms with Gasteiger partial charge in [0.15, 0.2) is 5.82 Å². The van der Waals surface area contributed by atoms with Crippen molar-refractivity contribution >= 4 is 40.7 Å². The number of aryl methyl sites for hydroxylation is 1. The predicted octanol–water partition coefficient (Wildman–Crippen LogP) is 6.02. The maximum atomic E-state index is 13.7. The summed E-state index contributed by atoms with van der Waals surface area (Å²) in [6.07, 6.45) is -8.32. The van der Waals surface area contributed by atoms with Crippen LogP contribution in [-0.4, -0.2) is 53.1 Å². The summed E-state index contributed by atoms with van der Waals surface area (Å²) in [4.78, 5) is 31.8. The topological polar surface area (TPSA) is 142 Å². The standard InChI is InChI=1S/C28H19Cl2F6N9O3/c1-14-9-16(29)10-19(24(46)38-12-15-4-6-18(7-5-15)48-28(34,35)36)22(14)39-25(47)21-11-17(13-44-42-26(40-43-44)27(31,32)33)41-45(21)23-20(30)3-2-8-37-23/h2-11H,12-13H2,1H3,(H,38,46)(H,39,47). The van der Waals surface area contributed by atoms with Gasteiger partial charge in [0.1, 0.15) is 18.0 Å². The van der Waals surface area contributed by atoms with E-state index >= 15 is 0 Å². The lowest BCUT2D eigenvalue weighted by molar-refractivity contribution is -0.274. The molecule has 0 saturated carbocycles. The van der Waals surface area contributed by atoms with Crippen LogP contribution < -0.4 is 15.4 Å². The van der Waals surface area contributed by atoms with E-state index in [1.165, 1.54) is 48.7 Å². The third-order valence-corrected chi connectivity index (χ3v) is 6.85. The molecule has 3 heterocycles. The number of amides is 2. The Morgan fingerprint density at radius 2 is 1.69 bits per heavy atom. The summed E-state index contributed by atoms with van der Waals surface area (Å²) in [7, 11) is 0. The van der Waals surface area contributed by atoms with Crippen molar-refractivity contribution in [2.75, 3.05) is 5.32 Å². The number of pyridine rings is 1. The second-order valence-electron chi connectivity index (χ2n) is 9.86. The third-order valence-electron chi connectivity index (χ3n) is 6.34. The molecule has 0 aliphatic rings. The molecule has 0 aliphatic carbocycles. The van der Waals surface area contributed by atoms with Gasteiger partial charge in [-0.1, -0.05) is 35.3 Å². The number of alkyl halides is 6. The van der Waals surface area contributed by atoms with Crippen molar-refractivity contribution in [3.63, 3.8) is 0 Å². The van der Waals surface area contributed by atoms with Crippen molar-refractivity contribution in [3.8, 4) is 11.6 Å². The molecule has 2 aromatic carbocycles. The van der Waals surface area contributed by atoms with Gasteiger partial charge in [0.25, 0.3) is 17.6 Å². The molecule has 0 bridgehead atoms. The van der Waals surface area contributed by atoms with Gasteiger partial charge in [-0.05, 0) is 65.7 Å². The Balaban J connectivity index is 1.41. The molecule has 48 heavy (non-hydrogen) atoms. The number of rotatable bonds is 9. The molecule has 0 aliphatic heterocycles. The highest BCUT2D eigenvalue weighted by molar-refractivity contribution is 6.32. The van der Waals surface area contributed by atoms with E-state index in [0.29, 0.717) is 15.9 Å². The zero-order valence-electron chi connectivity index (χ0n) is 24.1. The molecule has 250 valence electrons. The van der Waals surface area contributed by atoms with Crippen molar-refractivity contribution in [3.05, 3.63) is 105 Å². The van der Waals surface area contributed by atoms with Crippen LogP contribution in [0.3, 0.4) is 0 Å². The van der Waals surface area contributed by atoms with Crippen molar-refractivity contribution in [1.29, 1.82) is 0 Å². The molecule has 3 aromatic heterocycles. The van der Waals surface area contributed by atoms with Gasteiger partial charge < -0.3 is 15.4 Å². The van der Waals surface area contributed by atoms with Crippen LogP contribution >= 0.6 is 23.2 Å². The minimum Gasteiger partial charge on any atom is -0.406 e. The highest BCUT2D eigenvalue weighted by atomic mass is 35.5. The number of tetrazole rings is 1. The lowest BCUT2D eigenvalue weighted by Crippen LogP contribution is -2.26. The van der Waals surface area contributed by atoms with E-state index in [9.17, 15) is 35.9 Å². The van der Waals surface area contributed by atoms with Crippen LogP contribution in [0.4, 0.5) is 32.0 Å². The molecule has 0 fully saturated rings. The number of carbonyl (C=O) groups is 2. The minimum atomic E-state index is -4.86. The lowest BCUT2D eigenvalue weighted by atomic mass is 10.1. The first-order valence-electron chi connectivity index (χ1n) is 13.4. The highest BCUT2D eigenvalue weighted by Crippen LogP contribution is 2.29. The molecule has 2 N–H and O–H groups in total. The number of anilines is 1. The van der Waals surface area contributed by atoms with Crippen molar-refractivity contribution in [2.24, 2.45) is 0 Å². The van der Waals surface area contributed by atoms with Crippen LogP contribution in [0.25, 0.3) is 5.82 Å². The molecular weight excluding hydrogens is 695 g/mol. The quantitative estimate of drug-likeness (QED) is 0.177. The second-order valence-corrected chi connectivity index (χ2v) is 10.7. The molecule has 0 saturated heterocycles. The Morgan fingerprint density at radius 1 is 0.958 bits per heavy atom. The molecule has 0 unspecified atom stereocenters. The van der Waals surface area contributed by atoms with Gasteiger partial charge in [-0.25, -0.2) is 9.67 Å². The summed E-state index contributed by atoms with van der Waals surface area (Å²) in [5.74, 6) is -3.41. The third kappa shape index (κ3) is 8.18. The molecule has 5 aromatic rings. The number of nitrogens with one attached hydrogen (secondary N) is 2. The second kappa shape index (κ2) is 13.5. The van der Waals surface area contributed by atoms with Crippen LogP contribution in [0, 0.1) is 6.92 Å². The Kier molecular flexibility index (Phi) is 9.58. The predicted molar refractivity (Wildman–Crippen MR) is 157 cm³/mol. The Labute approximate surface area is 275 Å². The van der Waals surface area contributed by atoms with E-state index in [1.54, 1.807) is 6.92 Å². The lowest BCUT2D eigenvalue weighted by Gasteiger charge is -2.16. The van der Waals surface area contributed by atoms with Crippen LogP contribution in [-0.2, 0) is 19.3 Å². The molecule has 20 heteroatoms. The summed E-state index contributed by atoms with van der Waals surface area (Å²) >= 11 is 12.5. The summed E-state index contributed by atoms with van der Waals surface area (Å²) in [6, 6.07) is 11.9. The van der Waals surface area contributed by atoms with E-state index in [4.69, 9.17) is 23.2 Å². The normalized spacial score (nSPS) is 11.8. The number of hydrogen-bond acceptors (Lipinski definition) is 8. The Morgan fingerprint density at radius 3 is 2.33 bits per heavy atom. The van der Waals surface area contributed by atoms with Crippen molar-refractivity contribution < 1.29 is 40.7 Å². The zero-order valence-corrected chi connectivity index (χ0v) is 25.6. The number of carbonyl (C=O) groups excluding carboxylic acids is 2. The van der Waals surface area contributed by atoms with E-state index in [0.717, 1.165) is 16.8 Å². The van der Waals surface area contributed by atoms with E-state index in [-0.39, 0.29) is 45.0 Å². The fraction of sp³-hybridized carbons (Fsp3) is 0.179. The average molecular weight is 714 g/mol. The van der Waals surface area contributed by atoms with Gasteiger partial charge in [0, 0.05) is 17.8 Å².